The Morgan fingerprint density at radius 3 is 2.58 bits per heavy atom. The molecule has 0 spiro atoms. The van der Waals surface area contributed by atoms with E-state index in [2.05, 4.69) is 28.5 Å². The van der Waals surface area contributed by atoms with Gasteiger partial charge in [0.2, 0.25) is 11.8 Å². The van der Waals surface area contributed by atoms with Crippen LogP contribution in [-0.2, 0) is 4.79 Å². The number of nitrogens with one attached hydrogen (secondary N) is 1. The average molecular weight is 374 g/mol. The summed E-state index contributed by atoms with van der Waals surface area (Å²) < 4.78 is 5.77. The van der Waals surface area contributed by atoms with Crippen LogP contribution in [0.15, 0.2) is 27.8 Å². The maximum atomic E-state index is 12.5. The predicted octanol–water partition coefficient (Wildman–Crippen LogP) is 4.53. The molecule has 1 aliphatic rings. The standard InChI is InChI=1S/C20H27N3O2S/c1-12-9-13(2)11-16(10-12)19-22-23-20(25-19)26-15(4)18(24)21-17-8-6-5-7-14(17)3/h9-11,14-15,17H,5-8H2,1-4H3,(H,21,24). The van der Waals surface area contributed by atoms with Crippen molar-refractivity contribution in [2.75, 3.05) is 0 Å². The molecular weight excluding hydrogens is 346 g/mol. The molecule has 2 aromatic rings. The zero-order valence-corrected chi connectivity index (χ0v) is 16.7. The van der Waals surface area contributed by atoms with Crippen LogP contribution in [0.1, 0.15) is 50.7 Å². The summed E-state index contributed by atoms with van der Waals surface area (Å²) in [5.41, 5.74) is 3.22. The number of aryl methyl sites for hydroxylation is 2. The van der Waals surface area contributed by atoms with E-state index in [1.54, 1.807) is 0 Å². The second-order valence-corrected chi connectivity index (χ2v) is 8.68. The van der Waals surface area contributed by atoms with Gasteiger partial charge in [-0.05, 0) is 51.7 Å². The summed E-state index contributed by atoms with van der Waals surface area (Å²) >= 11 is 1.31. The molecule has 1 fully saturated rings. The molecule has 3 unspecified atom stereocenters. The molecule has 6 heteroatoms. The molecule has 5 nitrogen and oxygen atoms in total. The number of hydrogen-bond donors (Lipinski definition) is 1. The Morgan fingerprint density at radius 1 is 1.19 bits per heavy atom. The summed E-state index contributed by atoms with van der Waals surface area (Å²) in [7, 11) is 0. The number of hydrogen-bond acceptors (Lipinski definition) is 5. The molecule has 140 valence electrons. The maximum absolute atomic E-state index is 12.5. The molecule has 26 heavy (non-hydrogen) atoms. The lowest BCUT2D eigenvalue weighted by molar-refractivity contribution is -0.121. The fraction of sp³-hybridized carbons (Fsp3) is 0.550. The molecule has 1 amide bonds. The monoisotopic (exact) mass is 373 g/mol. The van der Waals surface area contributed by atoms with Gasteiger partial charge in [0, 0.05) is 11.6 Å². The molecule has 1 aliphatic carbocycles. The first-order chi connectivity index (χ1) is 12.4. The van der Waals surface area contributed by atoms with Gasteiger partial charge >= 0.3 is 0 Å². The third kappa shape index (κ3) is 4.67. The van der Waals surface area contributed by atoms with Crippen molar-refractivity contribution < 1.29 is 9.21 Å². The summed E-state index contributed by atoms with van der Waals surface area (Å²) in [4.78, 5) is 12.5. The quantitative estimate of drug-likeness (QED) is 0.780. The molecular formula is C20H27N3O2S. The number of carbonyl (C=O) groups is 1. The molecule has 1 saturated carbocycles. The summed E-state index contributed by atoms with van der Waals surface area (Å²) in [5.74, 6) is 1.08. The first-order valence-electron chi connectivity index (χ1n) is 9.31. The van der Waals surface area contributed by atoms with Crippen molar-refractivity contribution in [1.82, 2.24) is 15.5 Å². The molecule has 3 rings (SSSR count). The van der Waals surface area contributed by atoms with E-state index in [0.29, 0.717) is 17.0 Å². The Labute approximate surface area is 159 Å². The van der Waals surface area contributed by atoms with Crippen LogP contribution >= 0.6 is 11.8 Å². The second-order valence-electron chi connectivity index (χ2n) is 7.39. The van der Waals surface area contributed by atoms with Gasteiger partial charge in [-0.3, -0.25) is 4.79 Å². The van der Waals surface area contributed by atoms with Crippen LogP contribution in [0, 0.1) is 19.8 Å². The zero-order valence-electron chi connectivity index (χ0n) is 15.9. The van der Waals surface area contributed by atoms with Crippen molar-refractivity contribution in [3.8, 4) is 11.5 Å². The van der Waals surface area contributed by atoms with Gasteiger partial charge < -0.3 is 9.73 Å². The molecule has 1 N–H and O–H groups in total. The van der Waals surface area contributed by atoms with Crippen LogP contribution in [0.3, 0.4) is 0 Å². The SMILES string of the molecule is Cc1cc(C)cc(-c2nnc(SC(C)C(=O)NC3CCCCC3C)o2)c1. The Hall–Kier alpha value is -1.82. The van der Waals surface area contributed by atoms with Crippen LogP contribution in [0.5, 0.6) is 0 Å². The van der Waals surface area contributed by atoms with Crippen LogP contribution < -0.4 is 5.32 Å². The molecule has 3 atom stereocenters. The van der Waals surface area contributed by atoms with Crippen molar-refractivity contribution in [3.63, 3.8) is 0 Å². The molecule has 0 aliphatic heterocycles. The lowest BCUT2D eigenvalue weighted by Gasteiger charge is -2.30. The highest BCUT2D eigenvalue weighted by molar-refractivity contribution is 8.00. The maximum Gasteiger partial charge on any atom is 0.277 e. The number of thioether (sulfide) groups is 1. The zero-order chi connectivity index (χ0) is 18.7. The van der Waals surface area contributed by atoms with Gasteiger partial charge in [0.15, 0.2) is 0 Å². The van der Waals surface area contributed by atoms with Crippen molar-refractivity contribution in [3.05, 3.63) is 29.3 Å². The highest BCUT2D eigenvalue weighted by atomic mass is 32.2. The van der Waals surface area contributed by atoms with Gasteiger partial charge in [-0.1, -0.05) is 48.7 Å². The number of amides is 1. The van der Waals surface area contributed by atoms with Crippen molar-refractivity contribution >= 4 is 17.7 Å². The van der Waals surface area contributed by atoms with E-state index < -0.39 is 0 Å². The topological polar surface area (TPSA) is 68.0 Å². The molecule has 1 heterocycles. The third-order valence-electron chi connectivity index (χ3n) is 4.96. The van der Waals surface area contributed by atoms with E-state index in [1.807, 2.05) is 32.9 Å². The number of rotatable bonds is 5. The summed E-state index contributed by atoms with van der Waals surface area (Å²) in [5, 5.41) is 11.6. The van der Waals surface area contributed by atoms with Crippen molar-refractivity contribution in [1.29, 1.82) is 0 Å². The van der Waals surface area contributed by atoms with Crippen LogP contribution in [0.2, 0.25) is 0 Å². The first kappa shape index (κ1) is 19.0. The lowest BCUT2D eigenvalue weighted by atomic mass is 9.86. The van der Waals surface area contributed by atoms with Crippen LogP contribution in [-0.4, -0.2) is 27.4 Å². The minimum absolute atomic E-state index is 0.0416. The van der Waals surface area contributed by atoms with Crippen LogP contribution in [0.4, 0.5) is 0 Å². The van der Waals surface area contributed by atoms with Gasteiger partial charge in [0.05, 0.1) is 5.25 Å². The average Bonchev–Trinajstić information content (AvgIpc) is 3.04. The largest absolute Gasteiger partial charge is 0.411 e. The predicted molar refractivity (Wildman–Crippen MR) is 104 cm³/mol. The van der Waals surface area contributed by atoms with Gasteiger partial charge in [-0.2, -0.15) is 0 Å². The Kier molecular flexibility index (Phi) is 6.01. The number of carbonyl (C=O) groups excluding carboxylic acids is 1. The first-order valence-corrected chi connectivity index (χ1v) is 10.2. The van der Waals surface area contributed by atoms with Crippen molar-refractivity contribution in [2.45, 2.75) is 69.9 Å². The number of nitrogens with zero attached hydrogens (tertiary/aromatic N) is 2. The summed E-state index contributed by atoms with van der Waals surface area (Å²) in [6.45, 7) is 8.19. The van der Waals surface area contributed by atoms with E-state index in [0.717, 1.165) is 23.1 Å². The fourth-order valence-corrected chi connectivity index (χ4v) is 4.20. The van der Waals surface area contributed by atoms with Gasteiger partial charge in [0.1, 0.15) is 0 Å². The molecule has 0 bridgehead atoms. The Balaban J connectivity index is 1.62. The normalized spacial score (nSPS) is 21.4. The highest BCUT2D eigenvalue weighted by Crippen LogP contribution is 2.28. The van der Waals surface area contributed by atoms with E-state index >= 15 is 0 Å². The minimum Gasteiger partial charge on any atom is -0.411 e. The van der Waals surface area contributed by atoms with Gasteiger partial charge in [-0.25, -0.2) is 0 Å². The molecule has 1 aromatic heterocycles. The van der Waals surface area contributed by atoms with E-state index in [9.17, 15) is 4.79 Å². The van der Waals surface area contributed by atoms with Crippen LogP contribution in [0.25, 0.3) is 11.5 Å². The van der Waals surface area contributed by atoms with E-state index in [-0.39, 0.29) is 17.2 Å². The Bertz CT molecular complexity index is 754. The van der Waals surface area contributed by atoms with Gasteiger partial charge in [0.25, 0.3) is 5.22 Å². The molecule has 0 radical (unpaired) electrons. The van der Waals surface area contributed by atoms with E-state index in [1.165, 1.54) is 31.0 Å². The lowest BCUT2D eigenvalue weighted by Crippen LogP contribution is -2.44. The molecule has 1 aromatic carbocycles. The fourth-order valence-electron chi connectivity index (χ4n) is 3.51. The Morgan fingerprint density at radius 2 is 1.88 bits per heavy atom. The summed E-state index contributed by atoms with van der Waals surface area (Å²) in [6, 6.07) is 6.44. The van der Waals surface area contributed by atoms with Crippen molar-refractivity contribution in [2.24, 2.45) is 5.92 Å². The minimum atomic E-state index is -0.267. The summed E-state index contributed by atoms with van der Waals surface area (Å²) in [6.07, 6.45) is 4.72. The second kappa shape index (κ2) is 8.25. The highest BCUT2D eigenvalue weighted by Gasteiger charge is 2.26. The third-order valence-corrected chi connectivity index (χ3v) is 5.90. The number of benzene rings is 1. The smallest absolute Gasteiger partial charge is 0.277 e. The number of aromatic nitrogens is 2. The molecule has 0 saturated heterocycles. The van der Waals surface area contributed by atoms with Gasteiger partial charge in [-0.15, -0.1) is 10.2 Å². The van der Waals surface area contributed by atoms with E-state index in [4.69, 9.17) is 4.42 Å².